The summed E-state index contributed by atoms with van der Waals surface area (Å²) in [5.74, 6) is 2.14. The van der Waals surface area contributed by atoms with Gasteiger partial charge in [-0.1, -0.05) is 30.3 Å². The normalized spacial score (nSPS) is 12.6. The Labute approximate surface area is 175 Å². The third-order valence-electron chi connectivity index (χ3n) is 4.67. The highest BCUT2D eigenvalue weighted by atomic mass is 16.5. The number of benzene rings is 3. The number of carbonyl (C=O) groups is 1. The average Bonchev–Trinajstić information content (AvgIpc) is 3.03. The van der Waals surface area contributed by atoms with Crippen LogP contribution in [0.15, 0.2) is 66.7 Å². The lowest BCUT2D eigenvalue weighted by Crippen LogP contribution is -2.12. The highest BCUT2D eigenvalue weighted by Crippen LogP contribution is 2.33. The summed E-state index contributed by atoms with van der Waals surface area (Å²) in [6.07, 6.45) is 0.828. The van der Waals surface area contributed by atoms with E-state index in [-0.39, 0.29) is 5.91 Å². The van der Waals surface area contributed by atoms with E-state index in [0.29, 0.717) is 54.1 Å². The van der Waals surface area contributed by atoms with E-state index in [4.69, 9.17) is 18.9 Å². The number of fused-ring (bicyclic) bond motifs is 1. The zero-order chi connectivity index (χ0) is 20.8. The van der Waals surface area contributed by atoms with Crippen molar-refractivity contribution >= 4 is 11.6 Å². The van der Waals surface area contributed by atoms with E-state index in [2.05, 4.69) is 5.32 Å². The van der Waals surface area contributed by atoms with Crippen molar-refractivity contribution in [2.45, 2.75) is 13.0 Å². The number of rotatable bonds is 6. The van der Waals surface area contributed by atoms with Crippen molar-refractivity contribution < 1.29 is 23.7 Å². The van der Waals surface area contributed by atoms with Gasteiger partial charge in [-0.25, -0.2) is 0 Å². The van der Waals surface area contributed by atoms with Gasteiger partial charge in [0.2, 0.25) is 0 Å². The fraction of sp³-hybridized carbons (Fsp3) is 0.208. The molecule has 0 radical (unpaired) electrons. The van der Waals surface area contributed by atoms with Crippen LogP contribution in [0.4, 0.5) is 5.69 Å². The Kier molecular flexibility index (Phi) is 6.03. The van der Waals surface area contributed by atoms with Crippen molar-refractivity contribution in [3.05, 3.63) is 77.9 Å². The molecule has 1 N–H and O–H groups in total. The second kappa shape index (κ2) is 9.22. The van der Waals surface area contributed by atoms with Crippen LogP contribution in [0.2, 0.25) is 0 Å². The summed E-state index contributed by atoms with van der Waals surface area (Å²) in [6.45, 7) is 1.63. The lowest BCUT2D eigenvalue weighted by molar-refractivity contribution is 0.102. The molecule has 0 spiro atoms. The molecule has 0 atom stereocenters. The number of nitrogens with one attached hydrogen (secondary N) is 1. The molecule has 1 aliphatic heterocycles. The molecule has 154 valence electrons. The fourth-order valence-electron chi connectivity index (χ4n) is 3.11. The van der Waals surface area contributed by atoms with Crippen molar-refractivity contribution in [1.29, 1.82) is 0 Å². The Morgan fingerprint density at radius 1 is 0.933 bits per heavy atom. The van der Waals surface area contributed by atoms with Gasteiger partial charge in [0, 0.05) is 23.7 Å². The summed E-state index contributed by atoms with van der Waals surface area (Å²) in [7, 11) is 1.55. The first kappa shape index (κ1) is 19.6. The summed E-state index contributed by atoms with van der Waals surface area (Å²) in [5.41, 5.74) is 2.15. The minimum absolute atomic E-state index is 0.252. The number of carbonyl (C=O) groups excluding carboxylic acids is 1. The molecule has 1 aliphatic rings. The summed E-state index contributed by atoms with van der Waals surface area (Å²) < 4.78 is 22.6. The fourth-order valence-corrected chi connectivity index (χ4v) is 3.11. The minimum atomic E-state index is -0.252. The van der Waals surface area contributed by atoms with Crippen molar-refractivity contribution in [1.82, 2.24) is 0 Å². The molecule has 0 aliphatic carbocycles. The molecule has 0 unspecified atom stereocenters. The monoisotopic (exact) mass is 405 g/mol. The molecule has 0 bridgehead atoms. The molecule has 0 aromatic heterocycles. The van der Waals surface area contributed by atoms with E-state index >= 15 is 0 Å². The molecule has 1 amide bonds. The third-order valence-corrected chi connectivity index (χ3v) is 4.67. The Hall–Kier alpha value is -3.67. The predicted molar refractivity (Wildman–Crippen MR) is 114 cm³/mol. The van der Waals surface area contributed by atoms with Crippen LogP contribution < -0.4 is 24.3 Å². The van der Waals surface area contributed by atoms with Gasteiger partial charge >= 0.3 is 0 Å². The Bertz CT molecular complexity index is 1020. The van der Waals surface area contributed by atoms with Gasteiger partial charge in [-0.2, -0.15) is 0 Å². The molecular formula is C24H23NO5. The quantitative estimate of drug-likeness (QED) is 0.645. The highest BCUT2D eigenvalue weighted by Gasteiger charge is 2.14. The largest absolute Gasteiger partial charge is 0.493 e. The van der Waals surface area contributed by atoms with E-state index in [1.807, 2.05) is 30.3 Å². The highest BCUT2D eigenvalue weighted by molar-refractivity contribution is 6.04. The second-order valence-electron chi connectivity index (χ2n) is 6.81. The molecule has 4 rings (SSSR count). The van der Waals surface area contributed by atoms with Gasteiger partial charge in [-0.05, 0) is 35.9 Å². The molecule has 6 nitrogen and oxygen atoms in total. The van der Waals surface area contributed by atoms with Crippen LogP contribution in [0.5, 0.6) is 23.0 Å². The maximum absolute atomic E-state index is 12.7. The van der Waals surface area contributed by atoms with E-state index < -0.39 is 0 Å². The van der Waals surface area contributed by atoms with Crippen LogP contribution in [0.1, 0.15) is 22.3 Å². The van der Waals surface area contributed by atoms with Crippen LogP contribution in [0, 0.1) is 0 Å². The van der Waals surface area contributed by atoms with Crippen molar-refractivity contribution in [2.24, 2.45) is 0 Å². The van der Waals surface area contributed by atoms with Gasteiger partial charge in [-0.3, -0.25) is 4.79 Å². The number of hydrogen-bond donors (Lipinski definition) is 1. The van der Waals surface area contributed by atoms with E-state index in [1.54, 1.807) is 43.5 Å². The zero-order valence-corrected chi connectivity index (χ0v) is 16.7. The molecule has 1 heterocycles. The predicted octanol–water partition coefficient (Wildman–Crippen LogP) is 4.69. The number of hydrogen-bond acceptors (Lipinski definition) is 5. The van der Waals surface area contributed by atoms with Crippen molar-refractivity contribution in [3.8, 4) is 23.0 Å². The SMILES string of the molecule is COc1cc(C(=O)Nc2ccc3c(c2)OCCCO3)ccc1OCc1ccccc1. The van der Waals surface area contributed by atoms with Gasteiger partial charge in [-0.15, -0.1) is 0 Å². The van der Waals surface area contributed by atoms with Gasteiger partial charge in [0.15, 0.2) is 23.0 Å². The van der Waals surface area contributed by atoms with Crippen LogP contribution in [0.25, 0.3) is 0 Å². The minimum Gasteiger partial charge on any atom is -0.493 e. The van der Waals surface area contributed by atoms with Crippen LogP contribution >= 0.6 is 0 Å². The first-order chi connectivity index (χ1) is 14.7. The van der Waals surface area contributed by atoms with Gasteiger partial charge in [0.1, 0.15) is 6.61 Å². The van der Waals surface area contributed by atoms with Crippen molar-refractivity contribution in [3.63, 3.8) is 0 Å². The van der Waals surface area contributed by atoms with Gasteiger partial charge < -0.3 is 24.3 Å². The summed E-state index contributed by atoms with van der Waals surface area (Å²) in [4.78, 5) is 12.7. The van der Waals surface area contributed by atoms with E-state index in [9.17, 15) is 4.79 Å². The van der Waals surface area contributed by atoms with Crippen LogP contribution in [-0.2, 0) is 6.61 Å². The van der Waals surface area contributed by atoms with E-state index in [1.165, 1.54) is 0 Å². The molecule has 3 aromatic carbocycles. The van der Waals surface area contributed by atoms with Crippen LogP contribution in [0.3, 0.4) is 0 Å². The number of amides is 1. The standard InChI is InChI=1S/C24H23NO5/c1-27-22-14-18(8-10-20(22)30-16-17-6-3-2-4-7-17)24(26)25-19-9-11-21-23(15-19)29-13-5-12-28-21/h2-4,6-11,14-15H,5,12-13,16H2,1H3,(H,25,26). The third kappa shape index (κ3) is 4.66. The topological polar surface area (TPSA) is 66.0 Å². The smallest absolute Gasteiger partial charge is 0.255 e. The first-order valence-electron chi connectivity index (χ1n) is 9.79. The summed E-state index contributed by atoms with van der Waals surface area (Å²) in [6, 6.07) is 20.3. The molecular weight excluding hydrogens is 382 g/mol. The Morgan fingerprint density at radius 3 is 2.53 bits per heavy atom. The average molecular weight is 405 g/mol. The maximum atomic E-state index is 12.7. The molecule has 0 fully saturated rings. The lowest BCUT2D eigenvalue weighted by Gasteiger charge is -2.13. The number of methoxy groups -OCH3 is 1. The summed E-state index contributed by atoms with van der Waals surface area (Å²) >= 11 is 0. The molecule has 30 heavy (non-hydrogen) atoms. The van der Waals surface area contributed by atoms with Gasteiger partial charge in [0.05, 0.1) is 20.3 Å². The van der Waals surface area contributed by atoms with Gasteiger partial charge in [0.25, 0.3) is 5.91 Å². The summed E-state index contributed by atoms with van der Waals surface area (Å²) in [5, 5.41) is 2.89. The molecule has 6 heteroatoms. The zero-order valence-electron chi connectivity index (χ0n) is 16.7. The molecule has 3 aromatic rings. The van der Waals surface area contributed by atoms with Crippen LogP contribution in [-0.4, -0.2) is 26.2 Å². The molecule has 0 saturated carbocycles. The molecule has 0 saturated heterocycles. The Morgan fingerprint density at radius 2 is 1.73 bits per heavy atom. The van der Waals surface area contributed by atoms with E-state index in [0.717, 1.165) is 12.0 Å². The lowest BCUT2D eigenvalue weighted by atomic mass is 10.1. The van der Waals surface area contributed by atoms with Crippen molar-refractivity contribution in [2.75, 3.05) is 25.6 Å². The number of ether oxygens (including phenoxy) is 4. The Balaban J connectivity index is 1.45. The number of anilines is 1. The first-order valence-corrected chi connectivity index (χ1v) is 9.79. The second-order valence-corrected chi connectivity index (χ2v) is 6.81. The maximum Gasteiger partial charge on any atom is 0.255 e.